The maximum absolute atomic E-state index is 11.6. The summed E-state index contributed by atoms with van der Waals surface area (Å²) >= 11 is 0. The van der Waals surface area contributed by atoms with E-state index in [-0.39, 0.29) is 47.1 Å². The zero-order valence-electron chi connectivity index (χ0n) is 16.3. The van der Waals surface area contributed by atoms with Crippen LogP contribution in [-0.2, 0) is 14.6 Å². The highest BCUT2D eigenvalue weighted by atomic mass is 127. The second-order valence-corrected chi connectivity index (χ2v) is 11.0. The predicted octanol–water partition coefficient (Wildman–Crippen LogP) is 2.19. The van der Waals surface area contributed by atoms with E-state index in [0.717, 1.165) is 25.4 Å². The van der Waals surface area contributed by atoms with Crippen molar-refractivity contribution in [2.24, 2.45) is 22.2 Å². The highest BCUT2D eigenvalue weighted by Gasteiger charge is 2.58. The molecule has 26 heavy (non-hydrogen) atoms. The van der Waals surface area contributed by atoms with Gasteiger partial charge < -0.3 is 15.4 Å². The molecule has 0 bridgehead atoms. The van der Waals surface area contributed by atoms with Crippen molar-refractivity contribution in [2.45, 2.75) is 65.1 Å². The fourth-order valence-electron chi connectivity index (χ4n) is 4.61. The lowest BCUT2D eigenvalue weighted by molar-refractivity contribution is -0.188. The Balaban J connectivity index is 0.00000243. The zero-order valence-corrected chi connectivity index (χ0v) is 19.5. The molecule has 1 aliphatic carbocycles. The van der Waals surface area contributed by atoms with Gasteiger partial charge in [-0.3, -0.25) is 4.99 Å². The Morgan fingerprint density at radius 1 is 1.31 bits per heavy atom. The molecule has 4 unspecified atom stereocenters. The number of nitrogens with zero attached hydrogens (tertiary/aromatic N) is 1. The maximum atomic E-state index is 11.6. The molecule has 3 rings (SSSR count). The van der Waals surface area contributed by atoms with Crippen LogP contribution >= 0.6 is 24.0 Å². The van der Waals surface area contributed by atoms with E-state index < -0.39 is 9.84 Å². The van der Waals surface area contributed by atoms with E-state index in [1.165, 1.54) is 6.42 Å². The summed E-state index contributed by atoms with van der Waals surface area (Å²) in [6.45, 7) is 10.1. The molecular weight excluding hydrogens is 465 g/mol. The summed E-state index contributed by atoms with van der Waals surface area (Å²) in [6.07, 6.45) is 3.38. The molecule has 152 valence electrons. The van der Waals surface area contributed by atoms with Gasteiger partial charge in [-0.15, -0.1) is 24.0 Å². The highest BCUT2D eigenvalue weighted by Crippen LogP contribution is 2.51. The lowest BCUT2D eigenvalue weighted by atomic mass is 9.55. The molecule has 0 aromatic rings. The molecule has 4 atom stereocenters. The van der Waals surface area contributed by atoms with E-state index >= 15 is 0 Å². The quantitative estimate of drug-likeness (QED) is 0.352. The van der Waals surface area contributed by atoms with Crippen LogP contribution < -0.4 is 10.6 Å². The molecule has 8 heteroatoms. The summed E-state index contributed by atoms with van der Waals surface area (Å²) in [4.78, 5) is 4.73. The number of rotatable bonds is 4. The minimum atomic E-state index is -2.84. The number of fused-ring (bicyclic) bond motifs is 1. The number of hydrogen-bond donors (Lipinski definition) is 2. The zero-order chi connectivity index (χ0) is 18.2. The molecule has 2 aliphatic heterocycles. The normalized spacial score (nSPS) is 35.2. The first-order chi connectivity index (χ1) is 11.7. The molecule has 0 aromatic heterocycles. The van der Waals surface area contributed by atoms with Gasteiger partial charge in [-0.05, 0) is 39.0 Å². The van der Waals surface area contributed by atoms with Crippen molar-refractivity contribution in [3.05, 3.63) is 0 Å². The van der Waals surface area contributed by atoms with Gasteiger partial charge in [-0.25, -0.2) is 8.42 Å². The van der Waals surface area contributed by atoms with Crippen LogP contribution in [0.4, 0.5) is 0 Å². The van der Waals surface area contributed by atoms with Gasteiger partial charge in [0.1, 0.15) is 0 Å². The van der Waals surface area contributed by atoms with Gasteiger partial charge in [0, 0.05) is 36.6 Å². The van der Waals surface area contributed by atoms with Crippen molar-refractivity contribution < 1.29 is 13.2 Å². The summed E-state index contributed by atoms with van der Waals surface area (Å²) in [5.74, 6) is 2.08. The Hall–Kier alpha value is -0.0900. The molecule has 1 saturated carbocycles. The summed E-state index contributed by atoms with van der Waals surface area (Å²) in [6, 6.07) is 0.621. The summed E-state index contributed by atoms with van der Waals surface area (Å²) in [5.41, 5.74) is 0.0845. The molecule has 3 aliphatic rings. The highest BCUT2D eigenvalue weighted by molar-refractivity contribution is 14.0. The molecule has 2 heterocycles. The third-order valence-corrected chi connectivity index (χ3v) is 7.72. The van der Waals surface area contributed by atoms with Crippen LogP contribution in [0, 0.1) is 17.3 Å². The Morgan fingerprint density at radius 2 is 2.04 bits per heavy atom. The van der Waals surface area contributed by atoms with Gasteiger partial charge in [-0.2, -0.15) is 0 Å². The molecule has 2 saturated heterocycles. The van der Waals surface area contributed by atoms with Crippen LogP contribution in [0.3, 0.4) is 0 Å². The average Bonchev–Trinajstić information content (AvgIpc) is 2.88. The number of nitrogens with one attached hydrogen (secondary N) is 2. The number of guanidine groups is 1. The van der Waals surface area contributed by atoms with Gasteiger partial charge in [-0.1, -0.05) is 13.8 Å². The minimum absolute atomic E-state index is 0. The molecular formula is C18H34IN3O3S. The fourth-order valence-corrected chi connectivity index (χ4v) is 6.46. The third kappa shape index (κ3) is 4.84. The van der Waals surface area contributed by atoms with Crippen molar-refractivity contribution in [3.63, 3.8) is 0 Å². The van der Waals surface area contributed by atoms with Crippen LogP contribution in [0.5, 0.6) is 0 Å². The molecule has 0 radical (unpaired) electrons. The van der Waals surface area contributed by atoms with Crippen molar-refractivity contribution in [1.29, 1.82) is 0 Å². The van der Waals surface area contributed by atoms with Crippen molar-refractivity contribution in [1.82, 2.24) is 10.6 Å². The van der Waals surface area contributed by atoms with E-state index in [1.54, 1.807) is 0 Å². The Morgan fingerprint density at radius 3 is 2.65 bits per heavy atom. The summed E-state index contributed by atoms with van der Waals surface area (Å²) in [5, 5.41) is 7.03. The maximum Gasteiger partial charge on any atom is 0.191 e. The third-order valence-electron chi connectivity index (χ3n) is 5.88. The second-order valence-electron chi connectivity index (χ2n) is 8.80. The van der Waals surface area contributed by atoms with Crippen LogP contribution in [0.25, 0.3) is 0 Å². The van der Waals surface area contributed by atoms with E-state index in [0.29, 0.717) is 30.4 Å². The summed E-state index contributed by atoms with van der Waals surface area (Å²) in [7, 11) is -2.84. The number of hydrogen-bond acceptors (Lipinski definition) is 4. The van der Waals surface area contributed by atoms with Gasteiger partial charge in [0.2, 0.25) is 0 Å². The first-order valence-corrected chi connectivity index (χ1v) is 11.4. The SMILES string of the molecule is CC(C)NC(=NCC1CCS(=O)(=O)C1)NC1C2CCCOC2C1(C)C.I. The van der Waals surface area contributed by atoms with Crippen LogP contribution in [0.15, 0.2) is 4.99 Å². The van der Waals surface area contributed by atoms with Crippen LogP contribution in [0.2, 0.25) is 0 Å². The topological polar surface area (TPSA) is 79.8 Å². The smallest absolute Gasteiger partial charge is 0.191 e. The number of aliphatic imine (C=N–C) groups is 1. The molecule has 0 spiro atoms. The first-order valence-electron chi connectivity index (χ1n) is 9.58. The lowest BCUT2D eigenvalue weighted by Crippen LogP contribution is -2.71. The number of sulfone groups is 1. The van der Waals surface area contributed by atoms with Crippen molar-refractivity contribution in [2.75, 3.05) is 24.7 Å². The van der Waals surface area contributed by atoms with E-state index in [1.807, 2.05) is 0 Å². The van der Waals surface area contributed by atoms with Crippen LogP contribution in [-0.4, -0.2) is 57.2 Å². The van der Waals surface area contributed by atoms with E-state index in [9.17, 15) is 8.42 Å². The van der Waals surface area contributed by atoms with E-state index in [2.05, 4.69) is 38.3 Å². The molecule has 6 nitrogen and oxygen atoms in total. The van der Waals surface area contributed by atoms with Crippen molar-refractivity contribution >= 4 is 39.8 Å². The van der Waals surface area contributed by atoms with Crippen LogP contribution in [0.1, 0.15) is 47.0 Å². The molecule has 0 amide bonds. The Kier molecular flexibility index (Phi) is 7.27. The van der Waals surface area contributed by atoms with Gasteiger partial charge in [0.15, 0.2) is 15.8 Å². The second kappa shape index (κ2) is 8.51. The summed E-state index contributed by atoms with van der Waals surface area (Å²) < 4.78 is 29.3. The van der Waals surface area contributed by atoms with Crippen molar-refractivity contribution in [3.8, 4) is 0 Å². The van der Waals surface area contributed by atoms with Gasteiger partial charge in [0.25, 0.3) is 0 Å². The monoisotopic (exact) mass is 499 g/mol. The molecule has 3 fully saturated rings. The Labute approximate surface area is 175 Å². The lowest BCUT2D eigenvalue weighted by Gasteiger charge is -2.60. The Bertz CT molecular complexity index is 621. The van der Waals surface area contributed by atoms with E-state index in [4.69, 9.17) is 9.73 Å². The standard InChI is InChI=1S/C18H33N3O3S.HI/c1-12(2)20-17(19-10-13-7-9-25(22,23)11-13)21-15-14-6-5-8-24-16(14)18(15,3)4;/h12-16H,5-11H2,1-4H3,(H2,19,20,21);1H. The number of ether oxygens (including phenoxy) is 1. The predicted molar refractivity (Wildman–Crippen MR) is 116 cm³/mol. The van der Waals surface area contributed by atoms with Gasteiger partial charge in [0.05, 0.1) is 17.6 Å². The molecule has 2 N–H and O–H groups in total. The first kappa shape index (κ1) is 22.2. The van der Waals surface area contributed by atoms with Gasteiger partial charge >= 0.3 is 0 Å². The fraction of sp³-hybridized carbons (Fsp3) is 0.944. The largest absolute Gasteiger partial charge is 0.377 e. The minimum Gasteiger partial charge on any atom is -0.377 e. The molecule has 0 aromatic carbocycles. The number of halogens is 1. The average molecular weight is 499 g/mol.